The van der Waals surface area contributed by atoms with E-state index in [0.29, 0.717) is 12.3 Å². The summed E-state index contributed by atoms with van der Waals surface area (Å²) in [6, 6.07) is 12.5. The Morgan fingerprint density at radius 2 is 1.92 bits per heavy atom. The van der Waals surface area contributed by atoms with Crippen LogP contribution in [0.15, 0.2) is 47.0 Å². The van der Waals surface area contributed by atoms with E-state index in [9.17, 15) is 14.0 Å². The number of unbranched alkanes of at least 4 members (excludes halogenated alkanes) is 1. The van der Waals surface area contributed by atoms with E-state index < -0.39 is 11.8 Å². The predicted octanol–water partition coefficient (Wildman–Crippen LogP) is 6.99. The molecule has 0 atom stereocenters. The highest BCUT2D eigenvalue weighted by Crippen LogP contribution is 2.38. The molecule has 1 aliphatic rings. The van der Waals surface area contributed by atoms with E-state index in [-0.39, 0.29) is 46.0 Å². The highest BCUT2D eigenvalue weighted by atomic mass is 35.5. The lowest BCUT2D eigenvalue weighted by atomic mass is 9.89. The Labute approximate surface area is 233 Å². The third-order valence-corrected chi connectivity index (χ3v) is 7.38. The molecular weight excluding hydrogens is 521 g/mol. The number of ether oxygens (including phenoxy) is 1. The molecule has 9 heteroatoms. The van der Waals surface area contributed by atoms with Crippen LogP contribution in [0.5, 0.6) is 5.75 Å². The van der Waals surface area contributed by atoms with Crippen LogP contribution in [0.4, 0.5) is 10.1 Å². The van der Waals surface area contributed by atoms with Gasteiger partial charge in [0.05, 0.1) is 10.6 Å². The highest BCUT2D eigenvalue weighted by Gasteiger charge is 2.24. The zero-order chi connectivity index (χ0) is 27.9. The zero-order valence-corrected chi connectivity index (χ0v) is 23.4. The average molecular weight is 556 g/mol. The van der Waals surface area contributed by atoms with Crippen LogP contribution in [0.25, 0.3) is 11.3 Å². The summed E-state index contributed by atoms with van der Waals surface area (Å²) in [6.07, 6.45) is 3.89. The van der Waals surface area contributed by atoms with Crippen LogP contribution in [0.1, 0.15) is 63.2 Å². The second-order valence-corrected chi connectivity index (χ2v) is 10.7. The van der Waals surface area contributed by atoms with Crippen molar-refractivity contribution in [2.24, 2.45) is 5.92 Å². The molecule has 3 aromatic rings. The number of aryl methyl sites for hydroxylation is 1. The minimum Gasteiger partial charge on any atom is -0.420 e. The molecule has 1 aromatic heterocycles. The van der Waals surface area contributed by atoms with Crippen molar-refractivity contribution < 1.29 is 23.2 Å². The summed E-state index contributed by atoms with van der Waals surface area (Å²) in [6.45, 7) is 8.27. The second-order valence-electron chi connectivity index (χ2n) is 10.3. The van der Waals surface area contributed by atoms with Crippen molar-refractivity contribution >= 4 is 29.2 Å². The first-order chi connectivity index (χ1) is 18.7. The summed E-state index contributed by atoms with van der Waals surface area (Å²) in [5.41, 5.74) is 2.25. The van der Waals surface area contributed by atoms with Gasteiger partial charge in [-0.1, -0.05) is 48.8 Å². The van der Waals surface area contributed by atoms with Crippen molar-refractivity contribution in [3.8, 4) is 17.0 Å². The minimum absolute atomic E-state index is 0.0253. The number of aromatic nitrogens is 1. The molecule has 0 unspecified atom stereocenters. The molecule has 0 spiro atoms. The Balaban J connectivity index is 1.21. The molecule has 1 amide bonds. The van der Waals surface area contributed by atoms with Crippen molar-refractivity contribution in [2.75, 3.05) is 25.0 Å². The van der Waals surface area contributed by atoms with Crippen LogP contribution in [-0.4, -0.2) is 41.6 Å². The smallest absolute Gasteiger partial charge is 0.311 e. The lowest BCUT2D eigenvalue weighted by molar-refractivity contribution is -0.134. The van der Waals surface area contributed by atoms with Gasteiger partial charge in [-0.3, -0.25) is 9.59 Å². The first-order valence-electron chi connectivity index (χ1n) is 13.5. The van der Waals surface area contributed by atoms with E-state index in [0.717, 1.165) is 44.6 Å². The molecule has 7 nitrogen and oxygen atoms in total. The number of carbonyl (C=O) groups excluding carboxylic acids is 2. The van der Waals surface area contributed by atoms with Gasteiger partial charge >= 0.3 is 5.97 Å². The molecule has 1 N–H and O–H groups in total. The average Bonchev–Trinajstić information content (AvgIpc) is 3.26. The lowest BCUT2D eigenvalue weighted by Gasteiger charge is -2.32. The molecule has 0 bridgehead atoms. The second kappa shape index (κ2) is 13.2. The first-order valence-corrected chi connectivity index (χ1v) is 13.8. The van der Waals surface area contributed by atoms with Crippen LogP contribution in [-0.2, 0) is 9.59 Å². The lowest BCUT2D eigenvalue weighted by Crippen LogP contribution is -2.33. The van der Waals surface area contributed by atoms with E-state index in [2.05, 4.69) is 27.5 Å². The maximum absolute atomic E-state index is 14.4. The monoisotopic (exact) mass is 555 g/mol. The number of anilines is 1. The summed E-state index contributed by atoms with van der Waals surface area (Å²) in [7, 11) is 0. The van der Waals surface area contributed by atoms with Gasteiger partial charge < -0.3 is 19.5 Å². The summed E-state index contributed by atoms with van der Waals surface area (Å²) in [4.78, 5) is 27.0. The van der Waals surface area contributed by atoms with Crippen molar-refractivity contribution in [2.45, 2.75) is 58.8 Å². The van der Waals surface area contributed by atoms with Gasteiger partial charge in [-0.15, -0.1) is 0 Å². The summed E-state index contributed by atoms with van der Waals surface area (Å²) in [5.74, 6) is -0.162. The minimum atomic E-state index is -0.567. The van der Waals surface area contributed by atoms with Gasteiger partial charge in [-0.2, -0.15) is 0 Å². The van der Waals surface area contributed by atoms with E-state index in [1.165, 1.54) is 17.7 Å². The normalized spacial score (nSPS) is 14.5. The molecule has 0 aliphatic carbocycles. The number of rotatable bonds is 10. The molecular formula is C30H35ClFN3O4. The fourth-order valence-electron chi connectivity index (χ4n) is 4.78. The number of likely N-dealkylation sites (tertiary alicyclic amines) is 1. The van der Waals surface area contributed by atoms with Gasteiger partial charge in [0.15, 0.2) is 11.5 Å². The van der Waals surface area contributed by atoms with Crippen molar-refractivity contribution in [1.29, 1.82) is 0 Å². The molecule has 1 aliphatic heterocycles. The topological polar surface area (TPSA) is 84.7 Å². The Hall–Kier alpha value is -3.23. The summed E-state index contributed by atoms with van der Waals surface area (Å²) >= 11 is 6.16. The number of piperidine rings is 1. The van der Waals surface area contributed by atoms with Crippen LogP contribution in [0.3, 0.4) is 0 Å². The van der Waals surface area contributed by atoms with Gasteiger partial charge in [0.1, 0.15) is 5.82 Å². The standard InChI is InChI=1S/C30H35ClFN3O4/c1-19(2)30(37)33-23-9-6-8-22(18-23)21-13-16-35(17-14-21)15-5-4-12-26(36)38-29-20(3)39-34-28(29)27-24(31)10-7-11-25(27)32/h6-11,18-19,21H,4-5,12-17H2,1-3H3,(H,33,37). The van der Waals surface area contributed by atoms with Gasteiger partial charge in [0, 0.05) is 24.9 Å². The van der Waals surface area contributed by atoms with Crippen molar-refractivity contribution in [1.82, 2.24) is 10.1 Å². The number of amides is 1. The predicted molar refractivity (Wildman–Crippen MR) is 149 cm³/mol. The number of benzene rings is 2. The van der Waals surface area contributed by atoms with Crippen LogP contribution < -0.4 is 10.1 Å². The largest absolute Gasteiger partial charge is 0.420 e. The van der Waals surface area contributed by atoms with Crippen molar-refractivity contribution in [3.63, 3.8) is 0 Å². The third kappa shape index (κ3) is 7.46. The Bertz CT molecular complexity index is 1280. The van der Waals surface area contributed by atoms with Crippen LogP contribution in [0.2, 0.25) is 5.02 Å². The molecule has 2 heterocycles. The number of halogens is 2. The molecule has 4 rings (SSSR count). The number of nitrogens with zero attached hydrogens (tertiary/aromatic N) is 2. The molecule has 0 saturated carbocycles. The first kappa shape index (κ1) is 28.8. The number of carbonyl (C=O) groups is 2. The Morgan fingerprint density at radius 1 is 1.18 bits per heavy atom. The number of esters is 1. The highest BCUT2D eigenvalue weighted by molar-refractivity contribution is 6.33. The molecule has 1 fully saturated rings. The van der Waals surface area contributed by atoms with Gasteiger partial charge in [0.2, 0.25) is 11.7 Å². The van der Waals surface area contributed by atoms with Gasteiger partial charge in [0.25, 0.3) is 0 Å². The van der Waals surface area contributed by atoms with Gasteiger partial charge in [-0.05, 0) is 81.1 Å². The quantitative estimate of drug-likeness (QED) is 0.214. The van der Waals surface area contributed by atoms with E-state index in [4.69, 9.17) is 20.9 Å². The maximum atomic E-state index is 14.4. The fourth-order valence-corrected chi connectivity index (χ4v) is 5.04. The van der Waals surface area contributed by atoms with Crippen LogP contribution in [0, 0.1) is 18.7 Å². The molecule has 2 aromatic carbocycles. The maximum Gasteiger partial charge on any atom is 0.311 e. The Kier molecular flexibility index (Phi) is 9.75. The van der Waals surface area contributed by atoms with E-state index in [1.54, 1.807) is 13.0 Å². The van der Waals surface area contributed by atoms with Crippen LogP contribution >= 0.6 is 11.6 Å². The number of hydrogen-bond donors (Lipinski definition) is 1. The molecule has 39 heavy (non-hydrogen) atoms. The molecule has 0 radical (unpaired) electrons. The van der Waals surface area contributed by atoms with Crippen molar-refractivity contribution in [3.05, 3.63) is 64.6 Å². The summed E-state index contributed by atoms with van der Waals surface area (Å²) < 4.78 is 25.1. The SMILES string of the molecule is Cc1onc(-c2c(F)cccc2Cl)c1OC(=O)CCCCN1CCC(c2cccc(NC(=O)C(C)C)c2)CC1. The fraction of sp³-hybridized carbons (Fsp3) is 0.433. The number of hydrogen-bond acceptors (Lipinski definition) is 6. The molecule has 208 valence electrons. The molecule has 1 saturated heterocycles. The van der Waals surface area contributed by atoms with E-state index >= 15 is 0 Å². The van der Waals surface area contributed by atoms with E-state index in [1.807, 2.05) is 26.0 Å². The zero-order valence-electron chi connectivity index (χ0n) is 22.6. The Morgan fingerprint density at radius 3 is 2.64 bits per heavy atom. The third-order valence-electron chi connectivity index (χ3n) is 7.07. The number of nitrogens with one attached hydrogen (secondary N) is 1. The summed E-state index contributed by atoms with van der Waals surface area (Å²) in [5, 5.41) is 7.02. The van der Waals surface area contributed by atoms with Gasteiger partial charge in [-0.25, -0.2) is 4.39 Å².